The molecule has 1 aromatic carbocycles. The van der Waals surface area contributed by atoms with E-state index in [-0.39, 0.29) is 33.9 Å². The molecule has 0 bridgehead atoms. The predicted molar refractivity (Wildman–Crippen MR) is 47.6 cm³/mol. The van der Waals surface area contributed by atoms with Crippen LogP contribution in [0.25, 0.3) is 10.2 Å². The number of thiazole rings is 1. The van der Waals surface area contributed by atoms with Crippen LogP contribution in [0.4, 0.5) is 0 Å². The summed E-state index contributed by atoms with van der Waals surface area (Å²) in [6, 6.07) is 6.90. The van der Waals surface area contributed by atoms with Crippen molar-refractivity contribution in [3.8, 4) is 0 Å². The molecule has 0 aliphatic heterocycles. The Kier molecular flexibility index (Phi) is 3.68. The second-order valence-electron chi connectivity index (χ2n) is 2.40. The molecule has 68 valence electrons. The fourth-order valence-corrected chi connectivity index (χ4v) is 2.54. The molecule has 0 fully saturated rings. The van der Waals surface area contributed by atoms with Crippen molar-refractivity contribution in [3.63, 3.8) is 0 Å². The van der Waals surface area contributed by atoms with Gasteiger partial charge in [0.15, 0.2) is 14.5 Å². The Morgan fingerprint density at radius 1 is 1.29 bits per heavy atom. The minimum Gasteiger partial charge on any atom is -0.742 e. The third-order valence-electron chi connectivity index (χ3n) is 1.49. The summed E-state index contributed by atoms with van der Waals surface area (Å²) in [7, 11) is -4.41. The molecular formula is C7H4NNaO3S2. The molecule has 2 rings (SSSR count). The van der Waals surface area contributed by atoms with Gasteiger partial charge in [0.1, 0.15) is 0 Å². The van der Waals surface area contributed by atoms with Crippen molar-refractivity contribution in [2.24, 2.45) is 0 Å². The predicted octanol–water partition coefficient (Wildman–Crippen LogP) is -1.80. The van der Waals surface area contributed by atoms with Gasteiger partial charge in [-0.05, 0) is 12.1 Å². The minimum absolute atomic E-state index is 0. The fourth-order valence-electron chi connectivity index (χ4n) is 0.958. The smallest absolute Gasteiger partial charge is 0.742 e. The first-order chi connectivity index (χ1) is 6.07. The number of hydrogen-bond donors (Lipinski definition) is 0. The molecule has 1 heterocycles. The van der Waals surface area contributed by atoms with E-state index in [9.17, 15) is 13.0 Å². The topological polar surface area (TPSA) is 70.1 Å². The molecule has 4 nitrogen and oxygen atoms in total. The number of hydrogen-bond acceptors (Lipinski definition) is 5. The van der Waals surface area contributed by atoms with Crippen molar-refractivity contribution in [1.82, 2.24) is 4.98 Å². The molecule has 14 heavy (non-hydrogen) atoms. The summed E-state index contributed by atoms with van der Waals surface area (Å²) < 4.78 is 32.1. The Balaban J connectivity index is 0.000000980. The molecule has 0 atom stereocenters. The first kappa shape index (κ1) is 12.1. The molecular weight excluding hydrogens is 233 g/mol. The molecule has 0 unspecified atom stereocenters. The molecule has 1 aromatic heterocycles. The van der Waals surface area contributed by atoms with Crippen molar-refractivity contribution in [1.29, 1.82) is 0 Å². The van der Waals surface area contributed by atoms with Crippen LogP contribution >= 0.6 is 11.3 Å². The van der Waals surface area contributed by atoms with Crippen LogP contribution in [0.2, 0.25) is 0 Å². The van der Waals surface area contributed by atoms with E-state index in [2.05, 4.69) is 4.98 Å². The van der Waals surface area contributed by atoms with Crippen LogP contribution in [0.3, 0.4) is 0 Å². The van der Waals surface area contributed by atoms with Crippen LogP contribution in [-0.4, -0.2) is 18.0 Å². The van der Waals surface area contributed by atoms with E-state index in [1.165, 1.54) is 0 Å². The third kappa shape index (κ3) is 2.33. The Hall–Kier alpha value is 0.0200. The number of rotatable bonds is 1. The molecule has 0 saturated heterocycles. The maximum Gasteiger partial charge on any atom is 1.00 e. The summed E-state index contributed by atoms with van der Waals surface area (Å²) >= 11 is 0.893. The van der Waals surface area contributed by atoms with Crippen molar-refractivity contribution < 1.29 is 42.5 Å². The van der Waals surface area contributed by atoms with Crippen molar-refractivity contribution in [3.05, 3.63) is 24.3 Å². The summed E-state index contributed by atoms with van der Waals surface area (Å²) in [4.78, 5) is 3.70. The summed E-state index contributed by atoms with van der Waals surface area (Å²) in [5.74, 6) is 0. The summed E-state index contributed by atoms with van der Waals surface area (Å²) in [6.07, 6.45) is 0. The maximum atomic E-state index is 10.6. The summed E-state index contributed by atoms with van der Waals surface area (Å²) in [6.45, 7) is 0. The fraction of sp³-hybridized carbons (Fsp3) is 0. The van der Waals surface area contributed by atoms with Gasteiger partial charge in [-0.1, -0.05) is 12.1 Å². The largest absolute Gasteiger partial charge is 1.00 e. The minimum atomic E-state index is -4.41. The van der Waals surface area contributed by atoms with Gasteiger partial charge in [-0.25, -0.2) is 13.4 Å². The number of aromatic nitrogens is 1. The Morgan fingerprint density at radius 2 is 1.93 bits per heavy atom. The molecule has 2 aromatic rings. The zero-order valence-electron chi connectivity index (χ0n) is 7.30. The normalized spacial score (nSPS) is 11.2. The van der Waals surface area contributed by atoms with Gasteiger partial charge in [-0.3, -0.25) is 0 Å². The zero-order valence-corrected chi connectivity index (χ0v) is 10.9. The van der Waals surface area contributed by atoms with E-state index in [1.54, 1.807) is 24.3 Å². The van der Waals surface area contributed by atoms with Gasteiger partial charge in [-0.15, -0.1) is 11.3 Å². The van der Waals surface area contributed by atoms with Crippen LogP contribution in [0, 0.1) is 0 Å². The van der Waals surface area contributed by atoms with E-state index in [0.717, 1.165) is 11.3 Å². The molecule has 0 aliphatic carbocycles. The second-order valence-corrected chi connectivity index (χ2v) is 4.99. The average molecular weight is 237 g/mol. The monoisotopic (exact) mass is 237 g/mol. The van der Waals surface area contributed by atoms with Gasteiger partial charge in [0.2, 0.25) is 0 Å². The van der Waals surface area contributed by atoms with Gasteiger partial charge in [0, 0.05) is 0 Å². The molecule has 7 heteroatoms. The van der Waals surface area contributed by atoms with E-state index >= 15 is 0 Å². The molecule has 0 spiro atoms. The molecule has 0 aliphatic rings. The molecule has 0 amide bonds. The zero-order chi connectivity index (χ0) is 9.47. The first-order valence-corrected chi connectivity index (χ1v) is 5.61. The number of fused-ring (bicyclic) bond motifs is 1. The van der Waals surface area contributed by atoms with Gasteiger partial charge >= 0.3 is 29.6 Å². The number of para-hydroxylation sites is 1. The molecule has 0 radical (unpaired) electrons. The van der Waals surface area contributed by atoms with Gasteiger partial charge in [0.05, 0.1) is 10.2 Å². The number of nitrogens with zero attached hydrogens (tertiary/aromatic N) is 1. The van der Waals surface area contributed by atoms with Crippen molar-refractivity contribution in [2.45, 2.75) is 4.34 Å². The Labute approximate surface area is 107 Å². The van der Waals surface area contributed by atoms with Crippen molar-refractivity contribution >= 4 is 31.7 Å². The molecule has 0 saturated carbocycles. The summed E-state index contributed by atoms with van der Waals surface area (Å²) in [5.41, 5.74) is 0.543. The maximum absolute atomic E-state index is 10.6. The van der Waals surface area contributed by atoms with Crippen LogP contribution in [-0.2, 0) is 10.1 Å². The van der Waals surface area contributed by atoms with Gasteiger partial charge in [0.25, 0.3) is 0 Å². The van der Waals surface area contributed by atoms with Crippen LogP contribution in [0.15, 0.2) is 28.6 Å². The Morgan fingerprint density at radius 3 is 2.50 bits per heavy atom. The third-order valence-corrected chi connectivity index (χ3v) is 3.70. The summed E-state index contributed by atoms with van der Waals surface area (Å²) in [5, 5.41) is 0. The van der Waals surface area contributed by atoms with E-state index in [0.29, 0.717) is 10.2 Å². The Bertz CT molecular complexity index is 516. The van der Waals surface area contributed by atoms with E-state index in [1.807, 2.05) is 0 Å². The van der Waals surface area contributed by atoms with Crippen LogP contribution in [0.5, 0.6) is 0 Å². The number of benzene rings is 1. The van der Waals surface area contributed by atoms with Gasteiger partial charge in [-0.2, -0.15) is 0 Å². The van der Waals surface area contributed by atoms with Crippen LogP contribution in [0.1, 0.15) is 0 Å². The standard InChI is InChI=1S/C7H5NO3S2.Na/c9-13(10,11)7-8-5-3-1-2-4-6(5)12-7;/h1-4H,(H,9,10,11);/q;+1/p-1. The molecule has 0 N–H and O–H groups in total. The van der Waals surface area contributed by atoms with E-state index < -0.39 is 10.1 Å². The second kappa shape index (κ2) is 4.26. The average Bonchev–Trinajstić information content (AvgIpc) is 2.45. The first-order valence-electron chi connectivity index (χ1n) is 3.39. The van der Waals surface area contributed by atoms with Crippen molar-refractivity contribution in [2.75, 3.05) is 0 Å². The quantitative estimate of drug-likeness (QED) is 0.433. The van der Waals surface area contributed by atoms with E-state index in [4.69, 9.17) is 0 Å². The van der Waals surface area contributed by atoms with Gasteiger partial charge < -0.3 is 4.55 Å². The SMILES string of the molecule is O=S(=O)([O-])c1nc2ccccc2s1.[Na+]. The van der Waals surface area contributed by atoms with Crippen LogP contribution < -0.4 is 29.6 Å².